The fraction of sp³-hybridized carbons (Fsp3) is 0.226. The number of thioether (sulfide) groups is 1. The summed E-state index contributed by atoms with van der Waals surface area (Å²) < 4.78 is 10.6. The molecule has 210 valence electrons. The number of ether oxygens (including phenoxy) is 2. The van der Waals surface area contributed by atoms with Crippen LogP contribution in [0.2, 0.25) is 0 Å². The molecule has 1 aliphatic carbocycles. The predicted molar refractivity (Wildman–Crippen MR) is 156 cm³/mol. The Morgan fingerprint density at radius 1 is 1.07 bits per heavy atom. The monoisotopic (exact) mass is 579 g/mol. The van der Waals surface area contributed by atoms with Crippen LogP contribution < -0.4 is 20.1 Å². The van der Waals surface area contributed by atoms with Gasteiger partial charge in [-0.2, -0.15) is 10.5 Å². The van der Waals surface area contributed by atoms with Gasteiger partial charge in [0.25, 0.3) is 0 Å². The number of hydrogen-bond acceptors (Lipinski definition) is 10. The van der Waals surface area contributed by atoms with E-state index in [1.807, 2.05) is 6.07 Å². The summed E-state index contributed by atoms with van der Waals surface area (Å²) >= 11 is 1.01. The number of nitriles is 2. The van der Waals surface area contributed by atoms with Crippen LogP contribution in [-0.4, -0.2) is 42.1 Å². The smallest absolute Gasteiger partial charge is 0.247 e. The molecule has 2 aromatic carbocycles. The van der Waals surface area contributed by atoms with Gasteiger partial charge in [-0.1, -0.05) is 11.8 Å². The van der Waals surface area contributed by atoms with Crippen molar-refractivity contribution in [2.75, 3.05) is 24.9 Å². The van der Waals surface area contributed by atoms with Gasteiger partial charge in [0.1, 0.15) is 34.5 Å². The van der Waals surface area contributed by atoms with Crippen molar-refractivity contribution in [2.45, 2.75) is 35.5 Å². The summed E-state index contributed by atoms with van der Waals surface area (Å²) in [6.45, 7) is 0. The third-order valence-electron chi connectivity index (χ3n) is 7.06. The summed E-state index contributed by atoms with van der Waals surface area (Å²) in [5, 5.41) is 18.8. The molecule has 10 nitrogen and oxygen atoms in total. The largest absolute Gasteiger partial charge is 0.497 e. The number of nitrogens with zero attached hydrogens (tertiary/aromatic N) is 4. The first-order valence-corrected chi connectivity index (χ1v) is 13.9. The first-order valence-electron chi connectivity index (χ1n) is 13.0. The SMILES string of the molecule is COc1ccc(C=CC(=O)c2ccc(N3C(=O)CC(Sc4nc(N)c(C#N)c(C5CC5)c4C#N)C3=O)cc2)c(OC)c1. The number of hydrogen-bond donors (Lipinski definition) is 1. The van der Waals surface area contributed by atoms with Gasteiger partial charge in [-0.05, 0) is 72.9 Å². The molecule has 2 aliphatic rings. The molecule has 42 heavy (non-hydrogen) atoms. The molecule has 1 aliphatic heterocycles. The van der Waals surface area contributed by atoms with Crippen molar-refractivity contribution >= 4 is 46.9 Å². The quantitative estimate of drug-likeness (QED) is 0.215. The van der Waals surface area contributed by atoms with Gasteiger partial charge in [0, 0.05) is 23.6 Å². The number of nitrogens with two attached hydrogens (primary N) is 1. The number of amides is 2. The number of aromatic nitrogens is 1. The Labute approximate surface area is 246 Å². The second-order valence-electron chi connectivity index (χ2n) is 9.69. The average molecular weight is 580 g/mol. The van der Waals surface area contributed by atoms with E-state index in [9.17, 15) is 24.9 Å². The second-order valence-corrected chi connectivity index (χ2v) is 10.9. The molecule has 0 bridgehead atoms. The lowest BCUT2D eigenvalue weighted by Gasteiger charge is -2.16. The number of benzene rings is 2. The van der Waals surface area contributed by atoms with Gasteiger partial charge in [-0.25, -0.2) is 9.88 Å². The van der Waals surface area contributed by atoms with Crippen LogP contribution in [-0.2, 0) is 9.59 Å². The molecule has 1 atom stereocenters. The van der Waals surface area contributed by atoms with E-state index in [-0.39, 0.29) is 40.1 Å². The molecule has 11 heteroatoms. The summed E-state index contributed by atoms with van der Waals surface area (Å²) in [6.07, 6.45) is 4.64. The summed E-state index contributed by atoms with van der Waals surface area (Å²) in [6, 6.07) is 15.6. The summed E-state index contributed by atoms with van der Waals surface area (Å²) in [4.78, 5) is 44.4. The Morgan fingerprint density at radius 3 is 2.40 bits per heavy atom. The Bertz CT molecular complexity index is 1720. The molecular formula is C31H25N5O5S. The standard InChI is InChI=1S/C31H25N5O5S/c1-40-21-11-7-18(25(13-21)41-2)8-12-24(37)17-5-9-20(10-6-17)36-27(38)14-26(31(36)39)42-30-23(16-33)28(19-3-4-19)22(15-32)29(34)35-30/h5-13,19,26H,3-4,14H2,1-2H3,(H2,34,35). The fourth-order valence-corrected chi connectivity index (χ4v) is 5.91. The molecule has 2 heterocycles. The Balaban J connectivity index is 1.32. The third-order valence-corrected chi connectivity index (χ3v) is 8.24. The van der Waals surface area contributed by atoms with Crippen LogP contribution in [0.3, 0.4) is 0 Å². The average Bonchev–Trinajstić information content (AvgIpc) is 3.80. The highest BCUT2D eigenvalue weighted by Crippen LogP contribution is 2.47. The predicted octanol–water partition coefficient (Wildman–Crippen LogP) is 4.62. The van der Waals surface area contributed by atoms with E-state index in [1.54, 1.807) is 55.7 Å². The van der Waals surface area contributed by atoms with E-state index in [2.05, 4.69) is 11.1 Å². The van der Waals surface area contributed by atoms with Gasteiger partial charge >= 0.3 is 0 Å². The molecule has 1 saturated carbocycles. The summed E-state index contributed by atoms with van der Waals surface area (Å²) in [7, 11) is 3.08. The lowest BCUT2D eigenvalue weighted by Crippen LogP contribution is -2.31. The summed E-state index contributed by atoms with van der Waals surface area (Å²) in [5.41, 5.74) is 8.43. The van der Waals surface area contributed by atoms with Crippen molar-refractivity contribution in [1.82, 2.24) is 4.98 Å². The maximum atomic E-state index is 13.3. The zero-order chi connectivity index (χ0) is 30.0. The van der Waals surface area contributed by atoms with Gasteiger partial charge in [0.05, 0.1) is 36.3 Å². The molecule has 2 N–H and O–H groups in total. The highest BCUT2D eigenvalue weighted by atomic mass is 32.2. The van der Waals surface area contributed by atoms with Crippen molar-refractivity contribution in [2.24, 2.45) is 0 Å². The Kier molecular flexibility index (Phi) is 7.96. The fourth-order valence-electron chi connectivity index (χ4n) is 4.79. The van der Waals surface area contributed by atoms with Crippen molar-refractivity contribution in [1.29, 1.82) is 10.5 Å². The minimum Gasteiger partial charge on any atom is -0.497 e. The number of allylic oxidation sites excluding steroid dienone is 1. The zero-order valence-electron chi connectivity index (χ0n) is 22.8. The number of anilines is 2. The molecule has 1 unspecified atom stereocenters. The first kappa shape index (κ1) is 28.4. The van der Waals surface area contributed by atoms with E-state index < -0.39 is 17.1 Å². The van der Waals surface area contributed by atoms with Gasteiger partial charge in [0.2, 0.25) is 11.8 Å². The molecule has 0 spiro atoms. The Hall–Kier alpha value is -5.13. The summed E-state index contributed by atoms with van der Waals surface area (Å²) in [5.74, 6) is 0.106. The first-order chi connectivity index (χ1) is 20.3. The number of carbonyl (C=O) groups excluding carboxylic acids is 3. The number of imide groups is 1. The molecule has 5 rings (SSSR count). The second kappa shape index (κ2) is 11.8. The van der Waals surface area contributed by atoms with Crippen LogP contribution in [0.15, 0.2) is 53.6 Å². The highest BCUT2D eigenvalue weighted by molar-refractivity contribution is 8.00. The van der Waals surface area contributed by atoms with Crippen LogP contribution in [0.4, 0.5) is 11.5 Å². The lowest BCUT2D eigenvalue weighted by molar-refractivity contribution is -0.121. The van der Waals surface area contributed by atoms with Gasteiger partial charge in [-0.15, -0.1) is 0 Å². The van der Waals surface area contributed by atoms with Gasteiger partial charge in [-0.3, -0.25) is 14.4 Å². The topological polar surface area (TPSA) is 159 Å². The van der Waals surface area contributed by atoms with E-state index in [0.717, 1.165) is 29.5 Å². The van der Waals surface area contributed by atoms with Crippen molar-refractivity contribution in [3.05, 3.63) is 76.4 Å². The van der Waals surface area contributed by atoms with Crippen molar-refractivity contribution < 1.29 is 23.9 Å². The van der Waals surface area contributed by atoms with E-state index in [1.165, 1.54) is 13.2 Å². The number of pyridine rings is 1. The molecule has 3 aromatic rings. The molecule has 1 aromatic heterocycles. The molecule has 2 fully saturated rings. The van der Waals surface area contributed by atoms with Crippen molar-refractivity contribution in [3.63, 3.8) is 0 Å². The van der Waals surface area contributed by atoms with E-state index >= 15 is 0 Å². The van der Waals surface area contributed by atoms with Crippen LogP contribution in [0.25, 0.3) is 6.08 Å². The number of carbonyl (C=O) groups is 3. The van der Waals surface area contributed by atoms with Crippen LogP contribution >= 0.6 is 11.8 Å². The molecule has 1 saturated heterocycles. The number of rotatable bonds is 9. The third kappa shape index (κ3) is 5.42. The minimum absolute atomic E-state index is 0.00858. The maximum Gasteiger partial charge on any atom is 0.247 e. The molecule has 2 amide bonds. The maximum absolute atomic E-state index is 13.3. The lowest BCUT2D eigenvalue weighted by atomic mass is 10.0. The zero-order valence-corrected chi connectivity index (χ0v) is 23.6. The number of ketones is 1. The molecule has 0 radical (unpaired) electrons. The molecular weight excluding hydrogens is 554 g/mol. The van der Waals surface area contributed by atoms with Crippen molar-refractivity contribution in [3.8, 4) is 23.6 Å². The number of methoxy groups -OCH3 is 2. The number of nitrogen functional groups attached to an aromatic ring is 1. The van der Waals surface area contributed by atoms with Crippen LogP contribution in [0, 0.1) is 22.7 Å². The van der Waals surface area contributed by atoms with E-state index in [4.69, 9.17) is 15.2 Å². The van der Waals surface area contributed by atoms with E-state index in [0.29, 0.717) is 33.9 Å². The Morgan fingerprint density at radius 2 is 1.79 bits per heavy atom. The van der Waals surface area contributed by atoms with Gasteiger partial charge < -0.3 is 15.2 Å². The minimum atomic E-state index is -0.819. The van der Waals surface area contributed by atoms with Gasteiger partial charge in [0.15, 0.2) is 5.78 Å². The van der Waals surface area contributed by atoms with Crippen LogP contribution in [0.5, 0.6) is 11.5 Å². The van der Waals surface area contributed by atoms with Crippen LogP contribution in [0.1, 0.15) is 57.8 Å². The normalized spacial score (nSPS) is 16.4. The highest BCUT2D eigenvalue weighted by Gasteiger charge is 2.42.